The van der Waals surface area contributed by atoms with Crippen molar-refractivity contribution in [1.82, 2.24) is 0 Å². The highest BCUT2D eigenvalue weighted by Crippen LogP contribution is 2.15. The van der Waals surface area contributed by atoms with E-state index in [0.29, 0.717) is 6.61 Å². The SMILES string of the molecule is CCCCCOCCCCOc1ccc(NC(C)=O)cc1. The summed E-state index contributed by atoms with van der Waals surface area (Å²) in [6.07, 6.45) is 5.65. The molecule has 0 radical (unpaired) electrons. The number of nitrogens with one attached hydrogen (secondary N) is 1. The Morgan fingerprint density at radius 3 is 2.24 bits per heavy atom. The molecule has 4 nitrogen and oxygen atoms in total. The van der Waals surface area contributed by atoms with Gasteiger partial charge in [0.2, 0.25) is 5.91 Å². The average molecular weight is 293 g/mol. The summed E-state index contributed by atoms with van der Waals surface area (Å²) in [6, 6.07) is 7.42. The van der Waals surface area contributed by atoms with Crippen LogP contribution < -0.4 is 10.1 Å². The minimum atomic E-state index is -0.0670. The van der Waals surface area contributed by atoms with Gasteiger partial charge in [-0.3, -0.25) is 4.79 Å². The number of carbonyl (C=O) groups is 1. The van der Waals surface area contributed by atoms with Gasteiger partial charge in [-0.1, -0.05) is 19.8 Å². The van der Waals surface area contributed by atoms with Crippen molar-refractivity contribution in [2.24, 2.45) is 0 Å². The zero-order valence-corrected chi connectivity index (χ0v) is 13.2. The molecule has 0 aliphatic rings. The van der Waals surface area contributed by atoms with Crippen molar-refractivity contribution in [2.45, 2.75) is 46.0 Å². The van der Waals surface area contributed by atoms with E-state index >= 15 is 0 Å². The lowest BCUT2D eigenvalue weighted by Gasteiger charge is -2.08. The molecule has 0 aromatic heterocycles. The van der Waals surface area contributed by atoms with Crippen LogP contribution in [0.1, 0.15) is 46.0 Å². The number of hydrogen-bond donors (Lipinski definition) is 1. The lowest BCUT2D eigenvalue weighted by molar-refractivity contribution is -0.114. The van der Waals surface area contributed by atoms with Gasteiger partial charge in [0.1, 0.15) is 5.75 Å². The quantitative estimate of drug-likeness (QED) is 0.627. The molecule has 0 spiro atoms. The third-order valence-electron chi connectivity index (χ3n) is 3.02. The van der Waals surface area contributed by atoms with E-state index in [9.17, 15) is 4.79 Å². The van der Waals surface area contributed by atoms with E-state index in [2.05, 4.69) is 12.2 Å². The largest absolute Gasteiger partial charge is 0.494 e. The van der Waals surface area contributed by atoms with Crippen molar-refractivity contribution in [1.29, 1.82) is 0 Å². The third-order valence-corrected chi connectivity index (χ3v) is 3.02. The van der Waals surface area contributed by atoms with Gasteiger partial charge >= 0.3 is 0 Å². The van der Waals surface area contributed by atoms with Gasteiger partial charge in [0, 0.05) is 25.8 Å². The van der Waals surface area contributed by atoms with Crippen LogP contribution in [0.15, 0.2) is 24.3 Å². The Balaban J connectivity index is 2.03. The molecule has 0 saturated carbocycles. The first-order valence-electron chi connectivity index (χ1n) is 7.80. The number of unbranched alkanes of at least 4 members (excludes halogenated alkanes) is 3. The number of anilines is 1. The van der Waals surface area contributed by atoms with Crippen molar-refractivity contribution < 1.29 is 14.3 Å². The van der Waals surface area contributed by atoms with Crippen LogP contribution in [0.5, 0.6) is 5.75 Å². The minimum Gasteiger partial charge on any atom is -0.494 e. The van der Waals surface area contributed by atoms with E-state index < -0.39 is 0 Å². The third kappa shape index (κ3) is 9.08. The number of carbonyl (C=O) groups excluding carboxylic acids is 1. The Bertz CT molecular complexity index is 390. The highest BCUT2D eigenvalue weighted by Gasteiger charge is 1.97. The van der Waals surface area contributed by atoms with E-state index in [1.807, 2.05) is 24.3 Å². The maximum absolute atomic E-state index is 10.9. The first kappa shape index (κ1) is 17.5. The molecule has 1 N–H and O–H groups in total. The fraction of sp³-hybridized carbons (Fsp3) is 0.588. The van der Waals surface area contributed by atoms with E-state index in [-0.39, 0.29) is 5.91 Å². The van der Waals surface area contributed by atoms with Gasteiger partial charge in [-0.15, -0.1) is 0 Å². The number of amides is 1. The first-order chi connectivity index (χ1) is 10.2. The second-order valence-electron chi connectivity index (χ2n) is 5.08. The molecular weight excluding hydrogens is 266 g/mol. The first-order valence-corrected chi connectivity index (χ1v) is 7.80. The molecule has 0 fully saturated rings. The van der Waals surface area contributed by atoms with Gasteiger partial charge in [0.25, 0.3) is 0 Å². The van der Waals surface area contributed by atoms with Gasteiger partial charge in [0.05, 0.1) is 6.61 Å². The molecule has 0 bridgehead atoms. The topological polar surface area (TPSA) is 47.6 Å². The molecule has 21 heavy (non-hydrogen) atoms. The Morgan fingerprint density at radius 1 is 1.00 bits per heavy atom. The highest BCUT2D eigenvalue weighted by molar-refractivity contribution is 5.88. The number of ether oxygens (including phenoxy) is 2. The van der Waals surface area contributed by atoms with E-state index in [4.69, 9.17) is 9.47 Å². The van der Waals surface area contributed by atoms with Crippen molar-refractivity contribution in [3.63, 3.8) is 0 Å². The zero-order valence-electron chi connectivity index (χ0n) is 13.2. The Morgan fingerprint density at radius 2 is 1.62 bits per heavy atom. The molecule has 0 aliphatic carbocycles. The number of benzene rings is 1. The van der Waals surface area contributed by atoms with E-state index in [1.54, 1.807) is 0 Å². The van der Waals surface area contributed by atoms with Crippen LogP contribution in [0.4, 0.5) is 5.69 Å². The normalized spacial score (nSPS) is 10.4. The summed E-state index contributed by atoms with van der Waals surface area (Å²) < 4.78 is 11.2. The highest BCUT2D eigenvalue weighted by atomic mass is 16.5. The fourth-order valence-corrected chi connectivity index (χ4v) is 1.89. The second kappa shape index (κ2) is 11.1. The molecule has 0 atom stereocenters. The van der Waals surface area contributed by atoms with Crippen LogP contribution in [0.25, 0.3) is 0 Å². The van der Waals surface area contributed by atoms with Crippen molar-refractivity contribution in [2.75, 3.05) is 25.1 Å². The Labute approximate surface area is 127 Å². The summed E-state index contributed by atoms with van der Waals surface area (Å²) >= 11 is 0. The Hall–Kier alpha value is -1.55. The number of rotatable bonds is 11. The fourth-order valence-electron chi connectivity index (χ4n) is 1.89. The van der Waals surface area contributed by atoms with Gasteiger partial charge in [-0.05, 0) is 43.5 Å². The van der Waals surface area contributed by atoms with Crippen LogP contribution in [-0.4, -0.2) is 25.7 Å². The van der Waals surface area contributed by atoms with Crippen LogP contribution in [-0.2, 0) is 9.53 Å². The summed E-state index contributed by atoms with van der Waals surface area (Å²) in [7, 11) is 0. The standard InChI is InChI=1S/C17H27NO3/c1-3-4-5-12-20-13-6-7-14-21-17-10-8-16(9-11-17)18-15(2)19/h8-11H,3-7,12-14H2,1-2H3,(H,18,19). The van der Waals surface area contributed by atoms with Crippen LogP contribution in [0, 0.1) is 0 Å². The summed E-state index contributed by atoms with van der Waals surface area (Å²) in [5.74, 6) is 0.760. The predicted octanol–water partition coefficient (Wildman–Crippen LogP) is 4.01. The molecule has 118 valence electrons. The number of hydrogen-bond acceptors (Lipinski definition) is 3. The average Bonchev–Trinajstić information content (AvgIpc) is 2.47. The molecule has 1 rings (SSSR count). The van der Waals surface area contributed by atoms with Crippen LogP contribution in [0.2, 0.25) is 0 Å². The van der Waals surface area contributed by atoms with Gasteiger partial charge in [0.15, 0.2) is 0 Å². The maximum Gasteiger partial charge on any atom is 0.221 e. The summed E-state index contributed by atoms with van der Waals surface area (Å²) in [4.78, 5) is 10.9. The molecule has 0 saturated heterocycles. The smallest absolute Gasteiger partial charge is 0.221 e. The van der Waals surface area contributed by atoms with Crippen molar-refractivity contribution in [3.8, 4) is 5.75 Å². The van der Waals surface area contributed by atoms with Gasteiger partial charge in [-0.2, -0.15) is 0 Å². The summed E-state index contributed by atoms with van der Waals surface area (Å²) in [5, 5.41) is 2.73. The maximum atomic E-state index is 10.9. The summed E-state index contributed by atoms with van der Waals surface area (Å²) in [5.41, 5.74) is 0.787. The molecule has 0 heterocycles. The molecule has 1 amide bonds. The van der Waals surface area contributed by atoms with Gasteiger partial charge < -0.3 is 14.8 Å². The molecule has 4 heteroatoms. The molecular formula is C17H27NO3. The van der Waals surface area contributed by atoms with E-state index in [0.717, 1.165) is 43.9 Å². The molecule has 1 aromatic carbocycles. The van der Waals surface area contributed by atoms with Crippen molar-refractivity contribution >= 4 is 11.6 Å². The molecule has 0 unspecified atom stereocenters. The lowest BCUT2D eigenvalue weighted by atomic mass is 10.3. The second-order valence-corrected chi connectivity index (χ2v) is 5.08. The van der Waals surface area contributed by atoms with Crippen molar-refractivity contribution in [3.05, 3.63) is 24.3 Å². The Kier molecular flexibility index (Phi) is 9.29. The summed E-state index contributed by atoms with van der Waals surface area (Å²) in [6.45, 7) is 6.07. The van der Waals surface area contributed by atoms with Crippen LogP contribution in [0.3, 0.4) is 0 Å². The zero-order chi connectivity index (χ0) is 15.3. The van der Waals surface area contributed by atoms with Crippen LogP contribution >= 0.6 is 0 Å². The monoisotopic (exact) mass is 293 g/mol. The predicted molar refractivity (Wildman–Crippen MR) is 85.8 cm³/mol. The lowest BCUT2D eigenvalue weighted by Crippen LogP contribution is -2.05. The van der Waals surface area contributed by atoms with E-state index in [1.165, 1.54) is 19.8 Å². The molecule has 0 aliphatic heterocycles. The van der Waals surface area contributed by atoms with Gasteiger partial charge in [-0.25, -0.2) is 0 Å². The molecule has 1 aromatic rings. The minimum absolute atomic E-state index is 0.0670.